The number of rotatable bonds is 4. The zero-order valence-electron chi connectivity index (χ0n) is 14.8. The van der Waals surface area contributed by atoms with Gasteiger partial charge in [0.2, 0.25) is 0 Å². The Bertz CT molecular complexity index is 1350. The number of aromatic nitrogens is 4. The van der Waals surface area contributed by atoms with E-state index in [1.54, 1.807) is 36.5 Å². The second-order valence-corrected chi connectivity index (χ2v) is 8.15. The largest absolute Gasteiger partial charge is 0.417 e. The van der Waals surface area contributed by atoms with E-state index in [1.165, 1.54) is 0 Å². The smallest absolute Gasteiger partial charge is 0.278 e. The molecule has 0 saturated heterocycles. The van der Waals surface area contributed by atoms with E-state index in [0.717, 1.165) is 17.1 Å². The number of imidazole rings is 1. The van der Waals surface area contributed by atoms with Crippen molar-refractivity contribution in [2.45, 2.75) is 11.2 Å². The molecule has 7 nitrogen and oxygen atoms in total. The van der Waals surface area contributed by atoms with Gasteiger partial charge in [0.15, 0.2) is 10.8 Å². The first-order valence-corrected chi connectivity index (χ1v) is 10.1. The number of sulfonamides is 1. The Kier molecular flexibility index (Phi) is 4.86. The van der Waals surface area contributed by atoms with Crippen LogP contribution in [0.25, 0.3) is 16.7 Å². The highest BCUT2D eigenvalue weighted by molar-refractivity contribution is 7.92. The highest BCUT2D eigenvalue weighted by Crippen LogP contribution is 2.33. The van der Waals surface area contributed by atoms with E-state index in [1.807, 2.05) is 0 Å². The first-order valence-electron chi connectivity index (χ1n) is 8.29. The lowest BCUT2D eigenvalue weighted by atomic mass is 10.2. The van der Waals surface area contributed by atoms with Crippen molar-refractivity contribution >= 4 is 38.2 Å². The quantitative estimate of drug-likeness (QED) is 0.498. The minimum atomic E-state index is -4.64. The van der Waals surface area contributed by atoms with Gasteiger partial charge >= 0.3 is 6.18 Å². The van der Waals surface area contributed by atoms with Gasteiger partial charge in [0, 0.05) is 17.8 Å². The molecule has 1 N–H and O–H groups in total. The summed E-state index contributed by atoms with van der Waals surface area (Å²) in [6.45, 7) is 0. The normalized spacial score (nSPS) is 12.3. The number of alkyl halides is 3. The van der Waals surface area contributed by atoms with Crippen LogP contribution in [0.15, 0.2) is 66.3 Å². The van der Waals surface area contributed by atoms with E-state index in [4.69, 9.17) is 11.6 Å². The van der Waals surface area contributed by atoms with Gasteiger partial charge in [-0.15, -0.1) is 0 Å². The number of anilines is 1. The first kappa shape index (κ1) is 20.1. The third-order valence-electron chi connectivity index (χ3n) is 4.15. The average molecular weight is 454 g/mol. The molecule has 0 aliphatic carbocycles. The van der Waals surface area contributed by atoms with Gasteiger partial charge in [-0.25, -0.2) is 9.97 Å². The Balaban J connectivity index is 1.75. The number of pyridine rings is 2. The van der Waals surface area contributed by atoms with Crippen LogP contribution in [0, 0.1) is 0 Å². The molecule has 0 amide bonds. The number of benzene rings is 1. The summed E-state index contributed by atoms with van der Waals surface area (Å²) in [5.41, 5.74) is -0.194. The number of nitrogens with one attached hydrogen (secondary N) is 1. The SMILES string of the molecule is O=S(=O)(Nc1cccc2ncccc12)c1cncn1-c1ncc(C(F)(F)F)cc1Cl. The Morgan fingerprint density at radius 3 is 2.60 bits per heavy atom. The fourth-order valence-electron chi connectivity index (χ4n) is 2.79. The van der Waals surface area contributed by atoms with Gasteiger partial charge < -0.3 is 0 Å². The third kappa shape index (κ3) is 3.68. The standard InChI is InChI=1S/C18H11ClF3N5O2S/c19-13-7-11(18(20,21)22)8-25-17(13)27-10-23-9-16(27)30(28,29)26-15-5-1-4-14-12(15)3-2-6-24-14/h1-10,26H. The molecule has 0 aliphatic rings. The Hall–Kier alpha value is -3.18. The second kappa shape index (κ2) is 7.26. The molecule has 0 spiro atoms. The molecule has 154 valence electrons. The number of hydrogen-bond donors (Lipinski definition) is 1. The van der Waals surface area contributed by atoms with E-state index in [0.29, 0.717) is 23.2 Å². The molecule has 3 aromatic heterocycles. The lowest BCUT2D eigenvalue weighted by Crippen LogP contribution is -2.17. The maximum atomic E-state index is 13.0. The van der Waals surface area contributed by atoms with E-state index < -0.39 is 21.8 Å². The Morgan fingerprint density at radius 1 is 1.07 bits per heavy atom. The van der Waals surface area contributed by atoms with Gasteiger partial charge in [-0.3, -0.25) is 14.3 Å². The molecule has 0 aliphatic heterocycles. The van der Waals surface area contributed by atoms with Crippen LogP contribution in [0.5, 0.6) is 0 Å². The van der Waals surface area contributed by atoms with Crippen molar-refractivity contribution in [3.63, 3.8) is 0 Å². The number of hydrogen-bond acceptors (Lipinski definition) is 5. The summed E-state index contributed by atoms with van der Waals surface area (Å²) in [7, 11) is -4.19. The Morgan fingerprint density at radius 2 is 1.87 bits per heavy atom. The highest BCUT2D eigenvalue weighted by atomic mass is 35.5. The molecule has 12 heteroatoms. The molecule has 0 saturated carbocycles. The van der Waals surface area contributed by atoms with Gasteiger partial charge in [0.25, 0.3) is 10.0 Å². The van der Waals surface area contributed by atoms with Crippen LogP contribution in [0.2, 0.25) is 5.02 Å². The molecule has 1 aromatic carbocycles. The zero-order valence-corrected chi connectivity index (χ0v) is 16.4. The highest BCUT2D eigenvalue weighted by Gasteiger charge is 2.32. The molecule has 3 heterocycles. The maximum absolute atomic E-state index is 13.0. The van der Waals surface area contributed by atoms with Crippen LogP contribution in [0.1, 0.15) is 5.56 Å². The van der Waals surface area contributed by atoms with Gasteiger partial charge in [-0.2, -0.15) is 21.6 Å². The summed E-state index contributed by atoms with van der Waals surface area (Å²) < 4.78 is 68.0. The van der Waals surface area contributed by atoms with E-state index in [2.05, 4.69) is 19.7 Å². The van der Waals surface area contributed by atoms with Gasteiger partial charge in [-0.1, -0.05) is 17.7 Å². The van der Waals surface area contributed by atoms with Crippen LogP contribution in [0.4, 0.5) is 18.9 Å². The van der Waals surface area contributed by atoms with Crippen LogP contribution in [0.3, 0.4) is 0 Å². The van der Waals surface area contributed by atoms with Crippen molar-refractivity contribution < 1.29 is 21.6 Å². The predicted molar refractivity (Wildman–Crippen MR) is 104 cm³/mol. The molecule has 0 radical (unpaired) electrons. The Labute approximate surface area is 173 Å². The lowest BCUT2D eigenvalue weighted by molar-refractivity contribution is -0.137. The topological polar surface area (TPSA) is 89.8 Å². The average Bonchev–Trinajstić information content (AvgIpc) is 3.18. The van der Waals surface area contributed by atoms with Crippen molar-refractivity contribution in [2.75, 3.05) is 4.72 Å². The lowest BCUT2D eigenvalue weighted by Gasteiger charge is -2.13. The van der Waals surface area contributed by atoms with Crippen molar-refractivity contribution in [2.24, 2.45) is 0 Å². The monoisotopic (exact) mass is 453 g/mol. The molecular formula is C18H11ClF3N5O2S. The minimum Gasteiger partial charge on any atom is -0.278 e. The van der Waals surface area contributed by atoms with Crippen molar-refractivity contribution in [1.82, 2.24) is 19.5 Å². The summed E-state index contributed by atoms with van der Waals surface area (Å²) >= 11 is 5.95. The van der Waals surface area contributed by atoms with E-state index in [-0.39, 0.29) is 21.6 Å². The fraction of sp³-hybridized carbons (Fsp3) is 0.0556. The zero-order chi connectivity index (χ0) is 21.5. The fourth-order valence-corrected chi connectivity index (χ4v) is 4.21. The summed E-state index contributed by atoms with van der Waals surface area (Å²) in [6.07, 6.45) is -0.347. The third-order valence-corrected chi connectivity index (χ3v) is 5.77. The molecule has 0 unspecified atom stereocenters. The number of halogens is 4. The maximum Gasteiger partial charge on any atom is 0.417 e. The van der Waals surface area contributed by atoms with Gasteiger partial charge in [0.05, 0.1) is 28.0 Å². The molecule has 0 fully saturated rings. The molecule has 4 rings (SSSR count). The predicted octanol–water partition coefficient (Wildman–Crippen LogP) is 4.29. The number of nitrogens with zero attached hydrogens (tertiary/aromatic N) is 4. The molecule has 4 aromatic rings. The van der Waals surface area contributed by atoms with Crippen molar-refractivity contribution in [3.8, 4) is 5.82 Å². The van der Waals surface area contributed by atoms with Crippen LogP contribution < -0.4 is 4.72 Å². The summed E-state index contributed by atoms with van der Waals surface area (Å²) in [4.78, 5) is 11.6. The summed E-state index contributed by atoms with van der Waals surface area (Å²) in [6, 6.07) is 8.96. The van der Waals surface area contributed by atoms with Gasteiger partial charge in [0.1, 0.15) is 6.33 Å². The van der Waals surface area contributed by atoms with Crippen LogP contribution in [-0.2, 0) is 16.2 Å². The minimum absolute atomic E-state index is 0.206. The molecular weight excluding hydrogens is 443 g/mol. The van der Waals surface area contributed by atoms with Crippen molar-refractivity contribution in [3.05, 3.63) is 71.9 Å². The molecule has 0 atom stereocenters. The summed E-state index contributed by atoms with van der Waals surface area (Å²) in [5.74, 6) is -0.206. The molecule has 30 heavy (non-hydrogen) atoms. The second-order valence-electron chi connectivity index (χ2n) is 6.11. The molecule has 0 bridgehead atoms. The van der Waals surface area contributed by atoms with Gasteiger partial charge in [-0.05, 0) is 30.3 Å². The van der Waals surface area contributed by atoms with Crippen LogP contribution in [-0.4, -0.2) is 27.9 Å². The van der Waals surface area contributed by atoms with Crippen LogP contribution >= 0.6 is 11.6 Å². The van der Waals surface area contributed by atoms with Crippen molar-refractivity contribution in [1.29, 1.82) is 0 Å². The number of fused-ring (bicyclic) bond motifs is 1. The first-order chi connectivity index (χ1) is 14.2. The summed E-state index contributed by atoms with van der Waals surface area (Å²) in [5, 5.41) is -0.161. The van der Waals surface area contributed by atoms with E-state index in [9.17, 15) is 21.6 Å². The van der Waals surface area contributed by atoms with E-state index >= 15 is 0 Å².